The Balaban J connectivity index is 0.000000878. The molecular formula is C22H35N3O3. The molecule has 1 saturated heterocycles. The molecule has 2 aliphatic heterocycles. The van der Waals surface area contributed by atoms with Crippen LogP contribution in [-0.4, -0.2) is 53.6 Å². The lowest BCUT2D eigenvalue weighted by Crippen LogP contribution is -2.48. The second-order valence-corrected chi connectivity index (χ2v) is 8.96. The maximum absolute atomic E-state index is 11.9. The smallest absolute Gasteiger partial charge is 0.290 e. The van der Waals surface area contributed by atoms with E-state index < -0.39 is 0 Å². The van der Waals surface area contributed by atoms with Gasteiger partial charge in [0.05, 0.1) is 0 Å². The lowest BCUT2D eigenvalue weighted by Gasteiger charge is -2.41. The molecular weight excluding hydrogens is 354 g/mol. The van der Waals surface area contributed by atoms with Crippen molar-refractivity contribution >= 4 is 23.8 Å². The fraction of sp³-hybridized carbons (Fsp3) is 0.636. The minimum atomic E-state index is -0.250. The van der Waals surface area contributed by atoms with Gasteiger partial charge in [-0.2, -0.15) is 0 Å². The summed E-state index contributed by atoms with van der Waals surface area (Å²) < 4.78 is 0. The molecule has 0 aliphatic carbocycles. The van der Waals surface area contributed by atoms with Gasteiger partial charge in [-0.15, -0.1) is 0 Å². The summed E-state index contributed by atoms with van der Waals surface area (Å²) in [5.74, 6) is 0.657. The highest BCUT2D eigenvalue weighted by Gasteiger charge is 2.28. The van der Waals surface area contributed by atoms with Gasteiger partial charge in [-0.3, -0.25) is 14.5 Å². The Morgan fingerprint density at radius 3 is 2.39 bits per heavy atom. The second-order valence-electron chi connectivity index (χ2n) is 8.96. The van der Waals surface area contributed by atoms with Crippen molar-refractivity contribution in [3.05, 3.63) is 23.8 Å². The molecule has 3 rings (SSSR count). The summed E-state index contributed by atoms with van der Waals surface area (Å²) in [4.78, 5) is 24.8. The Morgan fingerprint density at radius 1 is 1.25 bits per heavy atom. The van der Waals surface area contributed by atoms with E-state index in [0.717, 1.165) is 31.7 Å². The number of fused-ring (bicyclic) bond motifs is 1. The van der Waals surface area contributed by atoms with Crippen LogP contribution in [0, 0.1) is 5.92 Å². The van der Waals surface area contributed by atoms with E-state index in [4.69, 9.17) is 9.90 Å². The zero-order valence-electron chi connectivity index (χ0n) is 17.9. The van der Waals surface area contributed by atoms with Crippen molar-refractivity contribution in [3.8, 4) is 0 Å². The molecule has 2 heterocycles. The molecule has 1 aromatic carbocycles. The number of nitrogens with one attached hydrogen (secondary N) is 1. The number of amides is 1. The van der Waals surface area contributed by atoms with Crippen LogP contribution in [0.25, 0.3) is 0 Å². The molecule has 1 atom stereocenters. The summed E-state index contributed by atoms with van der Waals surface area (Å²) in [5.41, 5.74) is 3.86. The molecule has 1 fully saturated rings. The van der Waals surface area contributed by atoms with Crippen LogP contribution in [0.5, 0.6) is 0 Å². The zero-order chi connectivity index (χ0) is 20.9. The molecule has 156 valence electrons. The van der Waals surface area contributed by atoms with Gasteiger partial charge >= 0.3 is 0 Å². The number of rotatable bonds is 2. The molecule has 2 N–H and O–H groups in total. The van der Waals surface area contributed by atoms with Crippen molar-refractivity contribution in [2.75, 3.05) is 29.9 Å². The Hall–Kier alpha value is -2.08. The topological polar surface area (TPSA) is 72.9 Å². The van der Waals surface area contributed by atoms with Gasteiger partial charge in [-0.1, -0.05) is 6.92 Å². The molecule has 0 aromatic heterocycles. The molecule has 2 aliphatic rings. The number of anilines is 2. The summed E-state index contributed by atoms with van der Waals surface area (Å²) in [5, 5.41) is 10.6. The van der Waals surface area contributed by atoms with Gasteiger partial charge in [-0.05, 0) is 69.7 Å². The van der Waals surface area contributed by atoms with Crippen LogP contribution in [-0.2, 0) is 16.0 Å². The molecule has 28 heavy (non-hydrogen) atoms. The van der Waals surface area contributed by atoms with Crippen LogP contribution in [0.1, 0.15) is 53.0 Å². The molecule has 1 amide bonds. The number of likely N-dealkylation sites (tertiary alicyclic amines) is 1. The van der Waals surface area contributed by atoms with E-state index in [1.807, 2.05) is 4.90 Å². The average molecular weight is 390 g/mol. The number of hydrogen-bond donors (Lipinski definition) is 2. The Morgan fingerprint density at radius 2 is 1.86 bits per heavy atom. The number of carbonyl (C=O) groups is 2. The average Bonchev–Trinajstić information content (AvgIpc) is 2.61. The molecule has 0 saturated carbocycles. The highest BCUT2D eigenvalue weighted by molar-refractivity contribution is 5.93. The highest BCUT2D eigenvalue weighted by atomic mass is 16.3. The van der Waals surface area contributed by atoms with Gasteiger partial charge in [0.1, 0.15) is 0 Å². The van der Waals surface area contributed by atoms with E-state index in [0.29, 0.717) is 12.0 Å². The predicted molar refractivity (Wildman–Crippen MR) is 114 cm³/mol. The summed E-state index contributed by atoms with van der Waals surface area (Å²) in [7, 11) is 0. The van der Waals surface area contributed by atoms with Gasteiger partial charge in [0.2, 0.25) is 5.91 Å². The second kappa shape index (κ2) is 9.41. The Kier molecular flexibility index (Phi) is 7.47. The van der Waals surface area contributed by atoms with Crippen LogP contribution in [0.15, 0.2) is 18.2 Å². The molecule has 6 heteroatoms. The van der Waals surface area contributed by atoms with E-state index in [1.165, 1.54) is 24.1 Å². The fourth-order valence-electron chi connectivity index (χ4n) is 4.18. The van der Waals surface area contributed by atoms with Gasteiger partial charge in [0, 0.05) is 49.5 Å². The van der Waals surface area contributed by atoms with Crippen LogP contribution in [0.2, 0.25) is 0 Å². The third-order valence-corrected chi connectivity index (χ3v) is 5.63. The van der Waals surface area contributed by atoms with Crippen LogP contribution < -0.4 is 10.2 Å². The van der Waals surface area contributed by atoms with Crippen molar-refractivity contribution in [2.24, 2.45) is 5.92 Å². The quantitative estimate of drug-likeness (QED) is 0.756. The van der Waals surface area contributed by atoms with Crippen molar-refractivity contribution in [1.29, 1.82) is 0 Å². The Labute approximate surface area is 168 Å². The standard InChI is InChI=1S/C21H33N3O.CH2O2/c1-15-12-17-13-19(6-7-20(17)24(14-15)16(2)25)22-18-8-10-23(11-9-18)21(3,4)5;2-1-3/h6-7,13,15,18,22H,8-12,14H2,1-5H3;1H,(H,2,3). The fourth-order valence-corrected chi connectivity index (χ4v) is 4.18. The number of piperidine rings is 1. The maximum Gasteiger partial charge on any atom is 0.290 e. The molecule has 6 nitrogen and oxygen atoms in total. The number of carboxylic acid groups (broad SMARTS) is 1. The van der Waals surface area contributed by atoms with Crippen LogP contribution in [0.4, 0.5) is 11.4 Å². The molecule has 1 aromatic rings. The summed E-state index contributed by atoms with van der Waals surface area (Å²) in [6.45, 7) is 13.7. The zero-order valence-corrected chi connectivity index (χ0v) is 17.9. The van der Waals surface area contributed by atoms with Gasteiger partial charge < -0.3 is 15.3 Å². The van der Waals surface area contributed by atoms with Crippen LogP contribution in [0.3, 0.4) is 0 Å². The van der Waals surface area contributed by atoms with Gasteiger partial charge in [0.25, 0.3) is 6.47 Å². The number of benzene rings is 1. The van der Waals surface area contributed by atoms with Crippen molar-refractivity contribution in [1.82, 2.24) is 4.90 Å². The molecule has 1 unspecified atom stereocenters. The first kappa shape index (κ1) is 22.2. The van der Waals surface area contributed by atoms with E-state index in [-0.39, 0.29) is 17.9 Å². The van der Waals surface area contributed by atoms with Crippen molar-refractivity contribution in [2.45, 2.75) is 65.5 Å². The third-order valence-electron chi connectivity index (χ3n) is 5.63. The number of carbonyl (C=O) groups excluding carboxylic acids is 1. The molecule has 0 spiro atoms. The van der Waals surface area contributed by atoms with Gasteiger partial charge in [-0.25, -0.2) is 0 Å². The Bertz CT molecular complexity index is 676. The first-order valence-electron chi connectivity index (χ1n) is 10.2. The van der Waals surface area contributed by atoms with Gasteiger partial charge in [0.15, 0.2) is 0 Å². The van der Waals surface area contributed by atoms with E-state index >= 15 is 0 Å². The predicted octanol–water partition coefficient (Wildman–Crippen LogP) is 3.61. The van der Waals surface area contributed by atoms with E-state index in [2.05, 4.69) is 56.1 Å². The monoisotopic (exact) mass is 389 g/mol. The maximum atomic E-state index is 11.9. The summed E-state index contributed by atoms with van der Waals surface area (Å²) in [6.07, 6.45) is 3.42. The largest absolute Gasteiger partial charge is 0.483 e. The summed E-state index contributed by atoms with van der Waals surface area (Å²) >= 11 is 0. The number of hydrogen-bond acceptors (Lipinski definition) is 4. The minimum Gasteiger partial charge on any atom is -0.483 e. The van der Waals surface area contributed by atoms with E-state index in [1.54, 1.807) is 6.92 Å². The first-order valence-corrected chi connectivity index (χ1v) is 10.2. The molecule has 0 radical (unpaired) electrons. The molecule has 0 bridgehead atoms. The normalized spacial score (nSPS) is 20.6. The highest BCUT2D eigenvalue weighted by Crippen LogP contribution is 2.32. The number of nitrogens with zero attached hydrogens (tertiary/aromatic N) is 2. The van der Waals surface area contributed by atoms with Crippen molar-refractivity contribution in [3.63, 3.8) is 0 Å². The van der Waals surface area contributed by atoms with Crippen LogP contribution >= 0.6 is 0 Å². The van der Waals surface area contributed by atoms with Crippen molar-refractivity contribution < 1.29 is 14.7 Å². The SMILES string of the molecule is CC(=O)N1CC(C)Cc2cc(NC3CCN(C(C)(C)C)CC3)ccc21.O=CO. The lowest BCUT2D eigenvalue weighted by atomic mass is 9.93. The first-order chi connectivity index (χ1) is 13.2. The third kappa shape index (κ3) is 5.71. The van der Waals surface area contributed by atoms with E-state index in [9.17, 15) is 4.79 Å². The lowest BCUT2D eigenvalue weighted by molar-refractivity contribution is -0.123. The summed E-state index contributed by atoms with van der Waals surface area (Å²) in [6, 6.07) is 7.06. The minimum absolute atomic E-state index is 0.142.